The first-order valence-electron chi connectivity index (χ1n) is 9.23. The Hall–Kier alpha value is -2.81. The summed E-state index contributed by atoms with van der Waals surface area (Å²) in [5.74, 6) is -1.08. The molecule has 0 fully saturated rings. The highest BCUT2D eigenvalue weighted by molar-refractivity contribution is 7.54. The summed E-state index contributed by atoms with van der Waals surface area (Å²) >= 11 is 0. The molecule has 0 unspecified atom stereocenters. The number of nitrogens with one attached hydrogen (secondary N) is 1. The number of benzene rings is 2. The summed E-state index contributed by atoms with van der Waals surface area (Å²) in [7, 11) is -3.88. The number of nitrogens with zero attached hydrogens (tertiary/aromatic N) is 2. The molecule has 0 radical (unpaired) electrons. The van der Waals surface area contributed by atoms with E-state index in [0.29, 0.717) is 11.3 Å². The molecule has 0 bridgehead atoms. The molecule has 1 N–H and O–H groups in total. The van der Waals surface area contributed by atoms with Crippen LogP contribution >= 0.6 is 7.60 Å². The lowest BCUT2D eigenvalue weighted by molar-refractivity contribution is -0.385. The van der Waals surface area contributed by atoms with E-state index in [1.807, 2.05) is 0 Å². The highest BCUT2D eigenvalue weighted by Crippen LogP contribution is 2.62. The molecule has 2 aromatic rings. The van der Waals surface area contributed by atoms with Gasteiger partial charge in [-0.2, -0.15) is 0 Å². The minimum absolute atomic E-state index is 0.104. The van der Waals surface area contributed by atoms with Crippen molar-refractivity contribution >= 4 is 24.7 Å². The van der Waals surface area contributed by atoms with Gasteiger partial charge in [0.2, 0.25) is 0 Å². The lowest BCUT2D eigenvalue weighted by atomic mass is 10.2. The van der Waals surface area contributed by atoms with Crippen molar-refractivity contribution in [2.75, 3.05) is 5.32 Å². The summed E-state index contributed by atoms with van der Waals surface area (Å²) < 4.78 is 25.2. The third-order valence-electron chi connectivity index (χ3n) is 3.81. The van der Waals surface area contributed by atoms with E-state index in [2.05, 4.69) is 5.32 Å². The Morgan fingerprint density at radius 3 is 1.87 bits per heavy atom. The van der Waals surface area contributed by atoms with Gasteiger partial charge in [0.25, 0.3) is 11.4 Å². The molecular weight excluding hydrogens is 413 g/mol. The van der Waals surface area contributed by atoms with Gasteiger partial charge in [-0.05, 0) is 45.4 Å². The first-order chi connectivity index (χ1) is 14.0. The summed E-state index contributed by atoms with van der Waals surface area (Å²) in [5, 5.41) is 25.1. The van der Waals surface area contributed by atoms with E-state index in [9.17, 15) is 24.8 Å². The number of rotatable bonds is 10. The van der Waals surface area contributed by atoms with Gasteiger partial charge in [0, 0.05) is 30.0 Å². The number of non-ortho nitro benzene ring substituents is 2. The Bertz CT molecular complexity index is 933. The number of nitro groups is 2. The van der Waals surface area contributed by atoms with E-state index in [1.165, 1.54) is 42.5 Å². The molecule has 0 aliphatic rings. The molecule has 0 aliphatic heterocycles. The fourth-order valence-electron chi connectivity index (χ4n) is 2.72. The van der Waals surface area contributed by atoms with Crippen LogP contribution in [0.1, 0.15) is 39.0 Å². The van der Waals surface area contributed by atoms with Crippen molar-refractivity contribution in [3.05, 3.63) is 74.3 Å². The second-order valence-corrected chi connectivity index (χ2v) is 9.07. The van der Waals surface area contributed by atoms with Crippen LogP contribution in [-0.2, 0) is 13.6 Å². The van der Waals surface area contributed by atoms with E-state index in [1.54, 1.807) is 33.8 Å². The van der Waals surface area contributed by atoms with Crippen LogP contribution in [0, 0.1) is 20.2 Å². The van der Waals surface area contributed by atoms with E-state index >= 15 is 0 Å². The summed E-state index contributed by atoms with van der Waals surface area (Å²) in [5.41, 5.74) is 0.459. The SMILES string of the molecule is CC(C)OP(=O)(OC(C)C)[C@@H](Nc1ccc([N+](=O)[O-])cc1)c1cccc([N+](=O)[O-])c1. The molecule has 0 aliphatic carbocycles. The summed E-state index contributed by atoms with van der Waals surface area (Å²) in [6.45, 7) is 6.80. The van der Waals surface area contributed by atoms with Crippen LogP contribution in [0.25, 0.3) is 0 Å². The zero-order valence-corrected chi connectivity index (χ0v) is 17.9. The Balaban J connectivity index is 2.55. The molecule has 162 valence electrons. The van der Waals surface area contributed by atoms with Gasteiger partial charge in [0.15, 0.2) is 5.78 Å². The van der Waals surface area contributed by atoms with Crippen molar-refractivity contribution in [2.45, 2.75) is 45.7 Å². The van der Waals surface area contributed by atoms with Crippen LogP contribution < -0.4 is 5.32 Å². The van der Waals surface area contributed by atoms with E-state index < -0.39 is 35.4 Å². The quantitative estimate of drug-likeness (QED) is 0.286. The first kappa shape index (κ1) is 23.5. The Kier molecular flexibility index (Phi) is 7.66. The monoisotopic (exact) mass is 437 g/mol. The summed E-state index contributed by atoms with van der Waals surface area (Å²) in [4.78, 5) is 21.0. The van der Waals surface area contributed by atoms with Gasteiger partial charge in [-0.25, -0.2) is 0 Å². The van der Waals surface area contributed by atoms with Crippen LogP contribution in [0.5, 0.6) is 0 Å². The smallest absolute Gasteiger partial charge is 0.357 e. The maximum Gasteiger partial charge on any atom is 0.357 e. The van der Waals surface area contributed by atoms with Gasteiger partial charge < -0.3 is 14.4 Å². The molecule has 11 heteroatoms. The molecular formula is C19H24N3O7P. The van der Waals surface area contributed by atoms with Crippen LogP contribution in [0.4, 0.5) is 17.1 Å². The zero-order chi connectivity index (χ0) is 22.5. The number of hydrogen-bond donors (Lipinski definition) is 1. The zero-order valence-electron chi connectivity index (χ0n) is 17.1. The van der Waals surface area contributed by atoms with Gasteiger partial charge in [-0.15, -0.1) is 0 Å². The van der Waals surface area contributed by atoms with Gasteiger partial charge in [-0.3, -0.25) is 24.8 Å². The van der Waals surface area contributed by atoms with E-state index in [-0.39, 0.29) is 11.4 Å². The highest BCUT2D eigenvalue weighted by atomic mass is 31.2. The van der Waals surface area contributed by atoms with E-state index in [4.69, 9.17) is 9.05 Å². The van der Waals surface area contributed by atoms with Crippen molar-refractivity contribution in [3.8, 4) is 0 Å². The Labute approximate surface area is 174 Å². The lowest BCUT2D eigenvalue weighted by Gasteiger charge is -2.31. The predicted molar refractivity (Wildman–Crippen MR) is 113 cm³/mol. The average Bonchev–Trinajstić information content (AvgIpc) is 2.65. The highest BCUT2D eigenvalue weighted by Gasteiger charge is 2.40. The van der Waals surface area contributed by atoms with E-state index in [0.717, 1.165) is 0 Å². The van der Waals surface area contributed by atoms with Crippen molar-refractivity contribution in [2.24, 2.45) is 0 Å². The van der Waals surface area contributed by atoms with Crippen LogP contribution in [0.3, 0.4) is 0 Å². The second kappa shape index (κ2) is 9.80. The molecule has 0 heterocycles. The Morgan fingerprint density at radius 2 is 1.40 bits per heavy atom. The minimum atomic E-state index is -3.88. The van der Waals surface area contributed by atoms with Gasteiger partial charge in [0.1, 0.15) is 0 Å². The minimum Gasteiger partial charge on any atom is -0.368 e. The van der Waals surface area contributed by atoms with Crippen molar-refractivity contribution < 1.29 is 23.5 Å². The fourth-order valence-corrected chi connectivity index (χ4v) is 5.03. The van der Waals surface area contributed by atoms with Gasteiger partial charge >= 0.3 is 7.60 Å². The topological polar surface area (TPSA) is 134 Å². The molecule has 10 nitrogen and oxygen atoms in total. The molecule has 0 amide bonds. The fraction of sp³-hybridized carbons (Fsp3) is 0.368. The number of nitro benzene ring substituents is 2. The van der Waals surface area contributed by atoms with Crippen LogP contribution in [0.15, 0.2) is 48.5 Å². The largest absolute Gasteiger partial charge is 0.368 e. The molecule has 0 spiro atoms. The maximum absolute atomic E-state index is 13.8. The third kappa shape index (κ3) is 6.09. The van der Waals surface area contributed by atoms with Gasteiger partial charge in [-0.1, -0.05) is 12.1 Å². The maximum atomic E-state index is 13.8. The van der Waals surface area contributed by atoms with Crippen LogP contribution in [-0.4, -0.2) is 22.1 Å². The van der Waals surface area contributed by atoms with Crippen molar-refractivity contribution in [3.63, 3.8) is 0 Å². The van der Waals surface area contributed by atoms with Gasteiger partial charge in [0.05, 0.1) is 22.1 Å². The molecule has 0 saturated carbocycles. The number of hydrogen-bond acceptors (Lipinski definition) is 8. The molecule has 0 saturated heterocycles. The van der Waals surface area contributed by atoms with Crippen molar-refractivity contribution in [1.29, 1.82) is 0 Å². The predicted octanol–water partition coefficient (Wildman–Crippen LogP) is 5.66. The van der Waals surface area contributed by atoms with Crippen molar-refractivity contribution in [1.82, 2.24) is 0 Å². The molecule has 2 rings (SSSR count). The first-order valence-corrected chi connectivity index (χ1v) is 10.8. The molecule has 1 atom stereocenters. The summed E-state index contributed by atoms with van der Waals surface area (Å²) in [6, 6.07) is 11.2. The third-order valence-corrected chi connectivity index (χ3v) is 6.30. The average molecular weight is 437 g/mol. The normalized spacial score (nSPS) is 12.7. The Morgan fingerprint density at radius 1 is 0.867 bits per heavy atom. The molecule has 0 aromatic heterocycles. The van der Waals surface area contributed by atoms with Crippen LogP contribution in [0.2, 0.25) is 0 Å². The molecule has 30 heavy (non-hydrogen) atoms. The standard InChI is InChI=1S/C19H24N3O7P/c1-13(2)28-30(27,29-14(3)4)19(15-6-5-7-18(12-15)22(25)26)20-16-8-10-17(11-9-16)21(23)24/h5-14,19-20H,1-4H3/t19-/m1/s1. The summed E-state index contributed by atoms with van der Waals surface area (Å²) in [6.07, 6.45) is -0.899. The number of anilines is 1. The lowest BCUT2D eigenvalue weighted by Crippen LogP contribution is -2.19. The second-order valence-electron chi connectivity index (χ2n) is 7.05. The molecule has 2 aromatic carbocycles.